The van der Waals surface area contributed by atoms with Gasteiger partial charge in [-0.1, -0.05) is 12.1 Å². The number of amides is 1. The minimum absolute atomic E-state index is 0.101. The molecule has 134 valence electrons. The summed E-state index contributed by atoms with van der Waals surface area (Å²) in [6, 6.07) is 11.3. The topological polar surface area (TPSA) is 66.7 Å². The number of nitrogens with zero attached hydrogens (tertiary/aromatic N) is 1. The second-order valence-corrected chi connectivity index (χ2v) is 6.35. The number of likely N-dealkylation sites (N-methyl/N-ethyl adjacent to an activating group) is 1. The van der Waals surface area contributed by atoms with Crippen LogP contribution in [0.1, 0.15) is 21.7 Å². The Morgan fingerprint density at radius 1 is 1.28 bits per heavy atom. The van der Waals surface area contributed by atoms with Gasteiger partial charge in [0.05, 0.1) is 25.5 Å². The quantitative estimate of drug-likeness (QED) is 0.800. The Bertz CT molecular complexity index is 672. The summed E-state index contributed by atoms with van der Waals surface area (Å²) in [4.78, 5) is 14.5. The van der Waals surface area contributed by atoms with Crippen LogP contribution in [-0.4, -0.2) is 50.2 Å². The molecule has 1 atom stereocenters. The van der Waals surface area contributed by atoms with Crippen LogP contribution in [-0.2, 0) is 17.8 Å². The molecule has 0 bridgehead atoms. The van der Waals surface area contributed by atoms with Crippen molar-refractivity contribution in [3.63, 3.8) is 0 Å². The minimum atomic E-state index is -0.101. The van der Waals surface area contributed by atoms with Gasteiger partial charge in [-0.15, -0.1) is 0 Å². The monoisotopic (exact) mass is 343 g/mol. The van der Waals surface area contributed by atoms with Gasteiger partial charge in [0.1, 0.15) is 5.76 Å². The molecule has 2 heterocycles. The number of nitrogens with one attached hydrogen (secondary N) is 2. The number of ether oxygens (including phenoxy) is 1. The predicted molar refractivity (Wildman–Crippen MR) is 95.3 cm³/mol. The van der Waals surface area contributed by atoms with Crippen molar-refractivity contribution in [2.45, 2.75) is 19.2 Å². The van der Waals surface area contributed by atoms with E-state index < -0.39 is 0 Å². The van der Waals surface area contributed by atoms with E-state index in [-0.39, 0.29) is 12.0 Å². The molecule has 0 saturated carbocycles. The third-order valence-electron chi connectivity index (χ3n) is 4.24. The lowest BCUT2D eigenvalue weighted by molar-refractivity contribution is -0.0182. The van der Waals surface area contributed by atoms with Crippen molar-refractivity contribution in [3.05, 3.63) is 59.5 Å². The number of hydrogen-bond donors (Lipinski definition) is 2. The zero-order valence-electron chi connectivity index (χ0n) is 14.5. The molecule has 0 radical (unpaired) electrons. The first kappa shape index (κ1) is 17.7. The SMILES string of the molecule is CN1CCO[C@H](CNCc2cccc(C(=O)NCc3ccco3)c2)C1. The summed E-state index contributed by atoms with van der Waals surface area (Å²) in [6.07, 6.45) is 1.82. The fourth-order valence-electron chi connectivity index (χ4n) is 2.87. The summed E-state index contributed by atoms with van der Waals surface area (Å²) >= 11 is 0. The molecule has 0 spiro atoms. The van der Waals surface area contributed by atoms with Crippen LogP contribution in [0.5, 0.6) is 0 Å². The van der Waals surface area contributed by atoms with Crippen LogP contribution in [0, 0.1) is 0 Å². The van der Waals surface area contributed by atoms with Gasteiger partial charge in [0.15, 0.2) is 0 Å². The molecule has 6 nitrogen and oxygen atoms in total. The molecule has 0 unspecified atom stereocenters. The van der Waals surface area contributed by atoms with E-state index in [2.05, 4.69) is 22.6 Å². The smallest absolute Gasteiger partial charge is 0.251 e. The van der Waals surface area contributed by atoms with Crippen LogP contribution in [0.15, 0.2) is 47.1 Å². The molecule has 2 aromatic rings. The second kappa shape index (κ2) is 8.80. The maximum Gasteiger partial charge on any atom is 0.251 e. The molecular weight excluding hydrogens is 318 g/mol. The van der Waals surface area contributed by atoms with Crippen molar-refractivity contribution in [1.82, 2.24) is 15.5 Å². The van der Waals surface area contributed by atoms with E-state index in [1.807, 2.05) is 36.4 Å². The minimum Gasteiger partial charge on any atom is -0.467 e. The van der Waals surface area contributed by atoms with E-state index in [4.69, 9.17) is 9.15 Å². The van der Waals surface area contributed by atoms with Gasteiger partial charge in [-0.2, -0.15) is 0 Å². The zero-order valence-corrected chi connectivity index (χ0v) is 14.5. The largest absolute Gasteiger partial charge is 0.467 e. The number of carbonyl (C=O) groups excluding carboxylic acids is 1. The van der Waals surface area contributed by atoms with Crippen molar-refractivity contribution in [2.75, 3.05) is 33.3 Å². The lowest BCUT2D eigenvalue weighted by Crippen LogP contribution is -2.44. The van der Waals surface area contributed by atoms with Crippen LogP contribution in [0.25, 0.3) is 0 Å². The summed E-state index contributed by atoms with van der Waals surface area (Å²) in [7, 11) is 2.11. The van der Waals surface area contributed by atoms with E-state index in [0.29, 0.717) is 18.7 Å². The van der Waals surface area contributed by atoms with Crippen molar-refractivity contribution in [3.8, 4) is 0 Å². The van der Waals surface area contributed by atoms with Crippen LogP contribution >= 0.6 is 0 Å². The summed E-state index contributed by atoms with van der Waals surface area (Å²) in [5, 5.41) is 6.28. The second-order valence-electron chi connectivity index (χ2n) is 6.35. The molecule has 25 heavy (non-hydrogen) atoms. The van der Waals surface area contributed by atoms with Gasteiger partial charge in [-0.05, 0) is 36.9 Å². The van der Waals surface area contributed by atoms with Crippen LogP contribution in [0.2, 0.25) is 0 Å². The summed E-state index contributed by atoms with van der Waals surface area (Å²) in [5.41, 5.74) is 1.73. The highest BCUT2D eigenvalue weighted by atomic mass is 16.5. The van der Waals surface area contributed by atoms with E-state index in [9.17, 15) is 4.79 Å². The highest BCUT2D eigenvalue weighted by Crippen LogP contribution is 2.07. The standard InChI is InChI=1S/C19H25N3O3/c1-22-7-9-25-18(14-22)12-20-11-15-4-2-5-16(10-15)19(23)21-13-17-6-3-8-24-17/h2-6,8,10,18,20H,7,9,11-14H2,1H3,(H,21,23)/t18-/m1/s1. The molecule has 6 heteroatoms. The van der Waals surface area contributed by atoms with Crippen molar-refractivity contribution >= 4 is 5.91 Å². The maximum absolute atomic E-state index is 12.3. The first-order valence-electron chi connectivity index (χ1n) is 8.61. The van der Waals surface area contributed by atoms with Gasteiger partial charge in [0.2, 0.25) is 0 Å². The Balaban J connectivity index is 1.46. The lowest BCUT2D eigenvalue weighted by Gasteiger charge is -2.30. The van der Waals surface area contributed by atoms with E-state index in [0.717, 1.165) is 37.6 Å². The van der Waals surface area contributed by atoms with Gasteiger partial charge in [0.25, 0.3) is 5.91 Å². The normalized spacial score (nSPS) is 18.2. The molecule has 1 aliphatic heterocycles. The zero-order chi connectivity index (χ0) is 17.5. The summed E-state index contributed by atoms with van der Waals surface area (Å²) in [6.45, 7) is 4.63. The van der Waals surface area contributed by atoms with Crippen molar-refractivity contribution in [1.29, 1.82) is 0 Å². The Morgan fingerprint density at radius 2 is 2.20 bits per heavy atom. The van der Waals surface area contributed by atoms with Gasteiger partial charge in [0, 0.05) is 31.7 Å². The third kappa shape index (κ3) is 5.42. The molecule has 1 aromatic carbocycles. The molecule has 1 fully saturated rings. The van der Waals surface area contributed by atoms with E-state index in [1.54, 1.807) is 6.26 Å². The fraction of sp³-hybridized carbons (Fsp3) is 0.421. The van der Waals surface area contributed by atoms with Gasteiger partial charge >= 0.3 is 0 Å². The number of rotatable bonds is 7. The summed E-state index contributed by atoms with van der Waals surface area (Å²) < 4.78 is 11.0. The molecule has 3 rings (SSSR count). The predicted octanol–water partition coefficient (Wildman–Crippen LogP) is 1.63. The molecule has 2 N–H and O–H groups in total. The molecule has 1 aliphatic rings. The van der Waals surface area contributed by atoms with Gasteiger partial charge < -0.3 is 24.7 Å². The highest BCUT2D eigenvalue weighted by Gasteiger charge is 2.16. The number of carbonyl (C=O) groups is 1. The van der Waals surface area contributed by atoms with Crippen LogP contribution in [0.4, 0.5) is 0 Å². The number of morpholine rings is 1. The van der Waals surface area contributed by atoms with Gasteiger partial charge in [-0.25, -0.2) is 0 Å². The molecule has 1 aromatic heterocycles. The average Bonchev–Trinajstić information content (AvgIpc) is 3.14. The van der Waals surface area contributed by atoms with Crippen molar-refractivity contribution in [2.24, 2.45) is 0 Å². The number of hydrogen-bond acceptors (Lipinski definition) is 5. The fourth-order valence-corrected chi connectivity index (χ4v) is 2.87. The van der Waals surface area contributed by atoms with Crippen LogP contribution in [0.3, 0.4) is 0 Å². The van der Waals surface area contributed by atoms with Crippen molar-refractivity contribution < 1.29 is 13.9 Å². The molecule has 1 amide bonds. The Kier molecular flexibility index (Phi) is 6.22. The van der Waals surface area contributed by atoms with E-state index >= 15 is 0 Å². The number of benzene rings is 1. The van der Waals surface area contributed by atoms with Gasteiger partial charge in [-0.3, -0.25) is 4.79 Å². The molecule has 1 saturated heterocycles. The lowest BCUT2D eigenvalue weighted by atomic mass is 10.1. The third-order valence-corrected chi connectivity index (χ3v) is 4.24. The Morgan fingerprint density at radius 3 is 3.00 bits per heavy atom. The van der Waals surface area contributed by atoms with E-state index in [1.165, 1.54) is 0 Å². The molecule has 0 aliphatic carbocycles. The highest BCUT2D eigenvalue weighted by molar-refractivity contribution is 5.94. The number of furan rings is 1. The molecular formula is C19H25N3O3. The Hall–Kier alpha value is -2.15. The summed E-state index contributed by atoms with van der Waals surface area (Å²) in [5.74, 6) is 0.638. The Labute approximate surface area is 148 Å². The maximum atomic E-state index is 12.3. The first-order valence-corrected chi connectivity index (χ1v) is 8.61. The first-order chi connectivity index (χ1) is 12.2. The van der Waals surface area contributed by atoms with Crippen LogP contribution < -0.4 is 10.6 Å². The average molecular weight is 343 g/mol.